The minimum absolute atomic E-state index is 0.274. The van der Waals surface area contributed by atoms with E-state index in [4.69, 9.17) is 11.0 Å². The van der Waals surface area contributed by atoms with E-state index >= 15 is 0 Å². The second-order valence-electron chi connectivity index (χ2n) is 4.54. The van der Waals surface area contributed by atoms with Crippen LogP contribution in [0.15, 0.2) is 54.9 Å². The molecular formula is C16H11FN4. The van der Waals surface area contributed by atoms with Gasteiger partial charge in [0.25, 0.3) is 0 Å². The summed E-state index contributed by atoms with van der Waals surface area (Å²) in [7, 11) is 0. The average molecular weight is 278 g/mol. The summed E-state index contributed by atoms with van der Waals surface area (Å²) < 4.78 is 15.4. The van der Waals surface area contributed by atoms with Crippen LogP contribution < -0.4 is 5.73 Å². The Hall–Kier alpha value is -3.13. The first kappa shape index (κ1) is 12.9. The van der Waals surface area contributed by atoms with Crippen LogP contribution >= 0.6 is 0 Å². The monoisotopic (exact) mass is 278 g/mol. The van der Waals surface area contributed by atoms with E-state index in [2.05, 4.69) is 5.10 Å². The van der Waals surface area contributed by atoms with Gasteiger partial charge in [0, 0.05) is 23.0 Å². The SMILES string of the molecule is N#Cc1ccc(-n2cc(-c3ccccc3N)cn2)c(F)c1. The van der Waals surface area contributed by atoms with E-state index in [1.165, 1.54) is 16.8 Å². The van der Waals surface area contributed by atoms with Gasteiger partial charge in [-0.15, -0.1) is 0 Å². The Balaban J connectivity index is 2.03. The number of aromatic nitrogens is 2. The third-order valence-corrected chi connectivity index (χ3v) is 3.18. The number of benzene rings is 2. The topological polar surface area (TPSA) is 67.6 Å². The molecule has 0 aliphatic heterocycles. The van der Waals surface area contributed by atoms with E-state index in [1.54, 1.807) is 24.5 Å². The van der Waals surface area contributed by atoms with Gasteiger partial charge >= 0.3 is 0 Å². The first-order chi connectivity index (χ1) is 10.2. The number of hydrogen-bond acceptors (Lipinski definition) is 3. The van der Waals surface area contributed by atoms with Gasteiger partial charge in [-0.2, -0.15) is 10.4 Å². The molecule has 0 fully saturated rings. The molecule has 102 valence electrons. The quantitative estimate of drug-likeness (QED) is 0.732. The number of nitrogen functional groups attached to an aromatic ring is 1. The van der Waals surface area contributed by atoms with Crippen LogP contribution in [0.4, 0.5) is 10.1 Å². The Bertz CT molecular complexity index is 845. The zero-order chi connectivity index (χ0) is 14.8. The van der Waals surface area contributed by atoms with E-state index in [-0.39, 0.29) is 11.3 Å². The molecule has 1 aromatic heterocycles. The van der Waals surface area contributed by atoms with Crippen molar-refractivity contribution in [2.24, 2.45) is 0 Å². The minimum Gasteiger partial charge on any atom is -0.398 e. The highest BCUT2D eigenvalue weighted by molar-refractivity contribution is 5.75. The highest BCUT2D eigenvalue weighted by Crippen LogP contribution is 2.26. The van der Waals surface area contributed by atoms with Gasteiger partial charge < -0.3 is 5.73 Å². The van der Waals surface area contributed by atoms with Gasteiger partial charge in [-0.1, -0.05) is 18.2 Å². The van der Waals surface area contributed by atoms with Crippen LogP contribution in [-0.4, -0.2) is 9.78 Å². The maximum Gasteiger partial charge on any atom is 0.150 e. The smallest absolute Gasteiger partial charge is 0.150 e. The normalized spacial score (nSPS) is 10.3. The van der Waals surface area contributed by atoms with Crippen LogP contribution in [0.2, 0.25) is 0 Å². The Morgan fingerprint density at radius 3 is 2.71 bits per heavy atom. The van der Waals surface area contributed by atoms with Crippen molar-refractivity contribution in [1.82, 2.24) is 9.78 Å². The number of hydrogen-bond donors (Lipinski definition) is 1. The largest absolute Gasteiger partial charge is 0.398 e. The second-order valence-corrected chi connectivity index (χ2v) is 4.54. The van der Waals surface area contributed by atoms with Crippen molar-refractivity contribution in [3.63, 3.8) is 0 Å². The van der Waals surface area contributed by atoms with Crippen molar-refractivity contribution in [2.75, 3.05) is 5.73 Å². The number of rotatable bonds is 2. The summed E-state index contributed by atoms with van der Waals surface area (Å²) in [6.07, 6.45) is 3.33. The molecule has 0 atom stereocenters. The molecule has 5 heteroatoms. The van der Waals surface area contributed by atoms with Crippen molar-refractivity contribution < 1.29 is 4.39 Å². The third-order valence-electron chi connectivity index (χ3n) is 3.18. The lowest BCUT2D eigenvalue weighted by Gasteiger charge is -2.03. The minimum atomic E-state index is -0.496. The summed E-state index contributed by atoms with van der Waals surface area (Å²) >= 11 is 0. The first-order valence-electron chi connectivity index (χ1n) is 6.28. The fraction of sp³-hybridized carbons (Fsp3) is 0. The zero-order valence-electron chi connectivity index (χ0n) is 11.0. The van der Waals surface area contributed by atoms with Crippen molar-refractivity contribution >= 4 is 5.69 Å². The lowest BCUT2D eigenvalue weighted by Crippen LogP contribution is -1.98. The number of nitriles is 1. The van der Waals surface area contributed by atoms with Crippen LogP contribution in [0.1, 0.15) is 5.56 Å². The predicted molar refractivity (Wildman–Crippen MR) is 78.1 cm³/mol. The fourth-order valence-corrected chi connectivity index (χ4v) is 2.12. The molecule has 0 aliphatic carbocycles. The van der Waals surface area contributed by atoms with Crippen LogP contribution in [-0.2, 0) is 0 Å². The van der Waals surface area contributed by atoms with Gasteiger partial charge in [-0.3, -0.25) is 0 Å². The predicted octanol–water partition coefficient (Wildman–Crippen LogP) is 3.13. The van der Waals surface area contributed by atoms with E-state index in [0.717, 1.165) is 11.1 Å². The summed E-state index contributed by atoms with van der Waals surface area (Å²) in [5.41, 5.74) is 8.77. The number of halogens is 1. The average Bonchev–Trinajstić information content (AvgIpc) is 2.97. The Morgan fingerprint density at radius 1 is 1.19 bits per heavy atom. The molecule has 4 nitrogen and oxygen atoms in total. The van der Waals surface area contributed by atoms with Crippen LogP contribution in [0.3, 0.4) is 0 Å². The molecule has 0 spiro atoms. The fourth-order valence-electron chi connectivity index (χ4n) is 2.12. The molecule has 21 heavy (non-hydrogen) atoms. The molecule has 0 aliphatic rings. The number of nitrogens with two attached hydrogens (primary N) is 1. The highest BCUT2D eigenvalue weighted by atomic mass is 19.1. The molecule has 3 aromatic rings. The summed E-state index contributed by atoms with van der Waals surface area (Å²) in [5, 5.41) is 12.9. The molecular weight excluding hydrogens is 267 g/mol. The van der Waals surface area contributed by atoms with Gasteiger partial charge in [0.1, 0.15) is 11.5 Å². The number of para-hydroxylation sites is 1. The Morgan fingerprint density at radius 2 is 2.00 bits per heavy atom. The van der Waals surface area contributed by atoms with Gasteiger partial charge in [-0.05, 0) is 24.3 Å². The summed E-state index contributed by atoms with van der Waals surface area (Å²) in [6, 6.07) is 13.6. The van der Waals surface area contributed by atoms with E-state index < -0.39 is 5.82 Å². The van der Waals surface area contributed by atoms with Crippen LogP contribution in [0, 0.1) is 17.1 Å². The summed E-state index contributed by atoms with van der Waals surface area (Å²) in [6.45, 7) is 0. The molecule has 3 rings (SSSR count). The molecule has 0 saturated heterocycles. The number of nitrogens with zero attached hydrogens (tertiary/aromatic N) is 3. The van der Waals surface area contributed by atoms with E-state index in [0.29, 0.717) is 5.69 Å². The maximum atomic E-state index is 14.0. The second kappa shape index (κ2) is 5.10. The van der Waals surface area contributed by atoms with Crippen molar-refractivity contribution in [3.8, 4) is 22.9 Å². The molecule has 0 radical (unpaired) electrons. The van der Waals surface area contributed by atoms with Gasteiger partial charge in [0.15, 0.2) is 0 Å². The maximum absolute atomic E-state index is 14.0. The highest BCUT2D eigenvalue weighted by Gasteiger charge is 2.09. The Kier molecular flexibility index (Phi) is 3.13. The lowest BCUT2D eigenvalue weighted by molar-refractivity contribution is 0.610. The van der Waals surface area contributed by atoms with E-state index in [9.17, 15) is 4.39 Å². The van der Waals surface area contributed by atoms with Crippen LogP contribution in [0.25, 0.3) is 16.8 Å². The molecule has 0 amide bonds. The molecule has 2 N–H and O–H groups in total. The Labute approximate surface area is 120 Å². The van der Waals surface area contributed by atoms with Crippen molar-refractivity contribution in [3.05, 3.63) is 66.2 Å². The summed E-state index contributed by atoms with van der Waals surface area (Å²) in [4.78, 5) is 0. The zero-order valence-corrected chi connectivity index (χ0v) is 11.0. The lowest BCUT2D eigenvalue weighted by atomic mass is 10.1. The molecule has 2 aromatic carbocycles. The molecule has 0 unspecified atom stereocenters. The molecule has 1 heterocycles. The summed E-state index contributed by atoms with van der Waals surface area (Å²) in [5.74, 6) is -0.496. The molecule has 0 bridgehead atoms. The van der Waals surface area contributed by atoms with Crippen molar-refractivity contribution in [1.29, 1.82) is 5.26 Å². The standard InChI is InChI=1S/C16H11FN4/c17-14-7-11(8-18)5-6-16(14)21-10-12(9-20-21)13-3-1-2-4-15(13)19/h1-7,9-10H,19H2. The van der Waals surface area contributed by atoms with Crippen LogP contribution in [0.5, 0.6) is 0 Å². The van der Waals surface area contributed by atoms with Gasteiger partial charge in [-0.25, -0.2) is 9.07 Å². The third kappa shape index (κ3) is 2.35. The van der Waals surface area contributed by atoms with E-state index in [1.807, 2.05) is 24.3 Å². The van der Waals surface area contributed by atoms with Crippen molar-refractivity contribution in [2.45, 2.75) is 0 Å². The number of anilines is 1. The molecule has 0 saturated carbocycles. The first-order valence-corrected chi connectivity index (χ1v) is 6.28. The van der Waals surface area contributed by atoms with Gasteiger partial charge in [0.2, 0.25) is 0 Å². The van der Waals surface area contributed by atoms with Gasteiger partial charge in [0.05, 0.1) is 17.8 Å².